The van der Waals surface area contributed by atoms with Crippen molar-refractivity contribution in [3.8, 4) is 0 Å². The van der Waals surface area contributed by atoms with E-state index in [-0.39, 0.29) is 5.82 Å². The maximum absolute atomic E-state index is 14.2. The number of rotatable bonds is 3. The van der Waals surface area contributed by atoms with Crippen molar-refractivity contribution in [3.63, 3.8) is 0 Å². The Hall–Kier alpha value is -1.39. The molecule has 1 saturated heterocycles. The van der Waals surface area contributed by atoms with Gasteiger partial charge in [0.2, 0.25) is 0 Å². The molecule has 0 bridgehead atoms. The second kappa shape index (κ2) is 5.54. The molecular weight excluding hydrogens is 253 g/mol. The highest BCUT2D eigenvalue weighted by Crippen LogP contribution is 2.22. The summed E-state index contributed by atoms with van der Waals surface area (Å²) in [5, 5.41) is 4.33. The van der Waals surface area contributed by atoms with Gasteiger partial charge in [-0.05, 0) is 37.1 Å². The number of hydrogen-bond donors (Lipinski definition) is 1. The summed E-state index contributed by atoms with van der Waals surface area (Å²) in [5.74, 6) is -0.0711. The first kappa shape index (κ1) is 13.6. The summed E-state index contributed by atoms with van der Waals surface area (Å²) in [4.78, 5) is 2.40. The van der Waals surface area contributed by atoms with E-state index in [1.165, 1.54) is 5.69 Å². The summed E-state index contributed by atoms with van der Waals surface area (Å²) in [6.07, 6.45) is 0.784. The van der Waals surface area contributed by atoms with Crippen LogP contribution in [0.1, 0.15) is 11.3 Å². The lowest BCUT2D eigenvalue weighted by atomic mass is 10.1. The summed E-state index contributed by atoms with van der Waals surface area (Å²) in [7, 11) is 2.04. The summed E-state index contributed by atoms with van der Waals surface area (Å²) in [6, 6.07) is 5.73. The molecule has 108 valence electrons. The molecule has 4 heteroatoms. The minimum atomic E-state index is -0.0711. The second-order valence-electron chi connectivity index (χ2n) is 5.69. The van der Waals surface area contributed by atoms with Gasteiger partial charge in [-0.25, -0.2) is 4.39 Å². The van der Waals surface area contributed by atoms with E-state index in [0.717, 1.165) is 55.6 Å². The van der Waals surface area contributed by atoms with Crippen LogP contribution in [0.25, 0.3) is 10.9 Å². The van der Waals surface area contributed by atoms with Crippen LogP contribution < -0.4 is 5.32 Å². The first-order chi connectivity index (χ1) is 9.65. The van der Waals surface area contributed by atoms with Gasteiger partial charge in [-0.3, -0.25) is 0 Å². The molecule has 1 N–H and O–H groups in total. The Morgan fingerprint density at radius 1 is 1.20 bits per heavy atom. The Labute approximate surface area is 119 Å². The van der Waals surface area contributed by atoms with Gasteiger partial charge in [0.25, 0.3) is 0 Å². The second-order valence-corrected chi connectivity index (χ2v) is 5.69. The van der Waals surface area contributed by atoms with Crippen LogP contribution in [0.4, 0.5) is 4.39 Å². The Morgan fingerprint density at radius 2 is 1.95 bits per heavy atom. The Morgan fingerprint density at radius 3 is 2.70 bits per heavy atom. The van der Waals surface area contributed by atoms with E-state index in [9.17, 15) is 4.39 Å². The molecule has 0 unspecified atom stereocenters. The number of nitrogens with zero attached hydrogens (tertiary/aromatic N) is 2. The minimum Gasteiger partial charge on any atom is -0.348 e. The lowest BCUT2D eigenvalue weighted by molar-refractivity contribution is 0.243. The van der Waals surface area contributed by atoms with E-state index in [2.05, 4.69) is 21.7 Å². The number of hydrogen-bond acceptors (Lipinski definition) is 2. The van der Waals surface area contributed by atoms with Crippen LogP contribution in [-0.2, 0) is 13.5 Å². The van der Waals surface area contributed by atoms with Gasteiger partial charge in [0.15, 0.2) is 0 Å². The smallest absolute Gasteiger partial charge is 0.127 e. The number of aryl methyl sites for hydroxylation is 2. The van der Waals surface area contributed by atoms with Gasteiger partial charge in [-0.15, -0.1) is 0 Å². The van der Waals surface area contributed by atoms with Crippen LogP contribution in [0, 0.1) is 12.7 Å². The Balaban J connectivity index is 1.79. The molecule has 3 rings (SSSR count). The maximum Gasteiger partial charge on any atom is 0.127 e. The molecule has 1 aromatic heterocycles. The van der Waals surface area contributed by atoms with Crippen molar-refractivity contribution in [1.82, 2.24) is 14.8 Å². The van der Waals surface area contributed by atoms with Gasteiger partial charge in [0.05, 0.1) is 0 Å². The number of benzene rings is 1. The van der Waals surface area contributed by atoms with Crippen LogP contribution in [0.3, 0.4) is 0 Å². The maximum atomic E-state index is 14.2. The molecule has 1 aromatic carbocycles. The molecule has 1 aliphatic heterocycles. The number of piperazine rings is 1. The monoisotopic (exact) mass is 275 g/mol. The molecule has 1 fully saturated rings. The number of fused-ring (bicyclic) bond motifs is 1. The zero-order valence-electron chi connectivity index (χ0n) is 12.2. The molecule has 3 nitrogen and oxygen atoms in total. The first-order valence-corrected chi connectivity index (χ1v) is 7.32. The van der Waals surface area contributed by atoms with Crippen molar-refractivity contribution in [2.24, 2.45) is 7.05 Å². The van der Waals surface area contributed by atoms with Crippen LogP contribution >= 0.6 is 0 Å². The zero-order valence-corrected chi connectivity index (χ0v) is 12.2. The van der Waals surface area contributed by atoms with Gasteiger partial charge < -0.3 is 14.8 Å². The average molecular weight is 275 g/mol. The van der Waals surface area contributed by atoms with E-state index in [0.29, 0.717) is 0 Å². The molecule has 2 aromatic rings. The molecule has 0 aliphatic carbocycles. The van der Waals surface area contributed by atoms with Gasteiger partial charge >= 0.3 is 0 Å². The molecule has 0 saturated carbocycles. The predicted molar refractivity (Wildman–Crippen MR) is 80.6 cm³/mol. The number of halogens is 1. The van der Waals surface area contributed by atoms with Gasteiger partial charge in [-0.1, -0.05) is 0 Å². The van der Waals surface area contributed by atoms with Gasteiger partial charge in [0, 0.05) is 56.4 Å². The lowest BCUT2D eigenvalue weighted by Crippen LogP contribution is -2.44. The Bertz CT molecular complexity index is 612. The molecule has 0 spiro atoms. The third-order valence-corrected chi connectivity index (χ3v) is 4.36. The largest absolute Gasteiger partial charge is 0.348 e. The van der Waals surface area contributed by atoms with Crippen LogP contribution in [0.5, 0.6) is 0 Å². The fourth-order valence-electron chi connectivity index (χ4n) is 2.94. The first-order valence-electron chi connectivity index (χ1n) is 7.32. The van der Waals surface area contributed by atoms with Crippen molar-refractivity contribution >= 4 is 10.9 Å². The summed E-state index contributed by atoms with van der Waals surface area (Å²) in [6.45, 7) is 7.20. The highest BCUT2D eigenvalue weighted by molar-refractivity contribution is 5.82. The van der Waals surface area contributed by atoms with Crippen molar-refractivity contribution in [1.29, 1.82) is 0 Å². The molecule has 2 heterocycles. The highest BCUT2D eigenvalue weighted by Gasteiger charge is 2.12. The van der Waals surface area contributed by atoms with Crippen molar-refractivity contribution in [2.45, 2.75) is 13.3 Å². The zero-order chi connectivity index (χ0) is 14.1. The predicted octanol–water partition coefficient (Wildman–Crippen LogP) is 2.07. The molecular formula is C16H22FN3. The third kappa shape index (κ3) is 2.58. The summed E-state index contributed by atoms with van der Waals surface area (Å²) in [5.41, 5.74) is 3.12. The third-order valence-electron chi connectivity index (χ3n) is 4.36. The van der Waals surface area contributed by atoms with E-state index in [4.69, 9.17) is 0 Å². The van der Waals surface area contributed by atoms with E-state index in [1.807, 2.05) is 19.2 Å². The fourth-order valence-corrected chi connectivity index (χ4v) is 2.94. The van der Waals surface area contributed by atoms with Crippen LogP contribution in [0.2, 0.25) is 0 Å². The van der Waals surface area contributed by atoms with Gasteiger partial charge in [-0.2, -0.15) is 0 Å². The van der Waals surface area contributed by atoms with E-state index >= 15 is 0 Å². The molecule has 0 radical (unpaired) electrons. The van der Waals surface area contributed by atoms with Crippen molar-refractivity contribution in [2.75, 3.05) is 32.7 Å². The van der Waals surface area contributed by atoms with E-state index < -0.39 is 0 Å². The average Bonchev–Trinajstić information content (AvgIpc) is 2.72. The lowest BCUT2D eigenvalue weighted by Gasteiger charge is -2.27. The van der Waals surface area contributed by atoms with Crippen LogP contribution in [0.15, 0.2) is 18.2 Å². The normalized spacial score (nSPS) is 16.9. The topological polar surface area (TPSA) is 20.2 Å². The quantitative estimate of drug-likeness (QED) is 0.925. The fraction of sp³-hybridized carbons (Fsp3) is 0.500. The molecule has 0 atom stereocenters. The molecule has 0 amide bonds. The van der Waals surface area contributed by atoms with Crippen LogP contribution in [-0.4, -0.2) is 42.2 Å². The molecule has 20 heavy (non-hydrogen) atoms. The van der Waals surface area contributed by atoms with Crippen molar-refractivity contribution < 1.29 is 4.39 Å². The van der Waals surface area contributed by atoms with Gasteiger partial charge in [0.1, 0.15) is 5.82 Å². The molecule has 1 aliphatic rings. The summed E-state index contributed by atoms with van der Waals surface area (Å²) < 4.78 is 16.3. The Kier molecular flexibility index (Phi) is 3.76. The number of nitrogens with one attached hydrogen (secondary N) is 1. The highest BCUT2D eigenvalue weighted by atomic mass is 19.1. The minimum absolute atomic E-state index is 0.0711. The van der Waals surface area contributed by atoms with Crippen molar-refractivity contribution in [3.05, 3.63) is 35.3 Å². The number of aromatic nitrogens is 1. The SMILES string of the molecule is Cc1cc2cc(F)c(CCN3CCNCC3)cc2n1C. The standard InChI is InChI=1S/C16H22FN3/c1-12-9-14-10-15(17)13(11-16(14)19(12)2)3-6-20-7-4-18-5-8-20/h9-11,18H,3-8H2,1-2H3. The van der Waals surface area contributed by atoms with E-state index in [1.54, 1.807) is 6.07 Å². The summed E-state index contributed by atoms with van der Waals surface area (Å²) >= 11 is 0.